The molecule has 15 aromatic rings. The Morgan fingerprint density at radius 2 is 0.637 bits per heavy atom. The SMILES string of the molecule is Cc1cc(C)cc(N(c2cc(C)cc(C)c2)c2cc3c(c4oc5ccccc5c24)c2c4oc5ccccc5c4c(N(c4cc(C)cc(C)c4)c4cc(C)cc(C)c4)cc2n3-c2ccc3c(c2)c2ccccc2n3-c2ccccc2)c1. The molecule has 386 valence electrons. The van der Waals surface area contributed by atoms with Crippen LogP contribution in [0.25, 0.3) is 98.9 Å². The highest BCUT2D eigenvalue weighted by atomic mass is 16.3. The lowest BCUT2D eigenvalue weighted by atomic mass is 10.00. The molecule has 80 heavy (non-hydrogen) atoms. The lowest BCUT2D eigenvalue weighted by Gasteiger charge is -2.28. The number of rotatable bonds is 8. The molecule has 6 heteroatoms. The zero-order valence-corrected chi connectivity index (χ0v) is 46.2. The van der Waals surface area contributed by atoms with E-state index in [1.54, 1.807) is 0 Å². The van der Waals surface area contributed by atoms with Crippen LogP contribution in [-0.2, 0) is 0 Å². The summed E-state index contributed by atoms with van der Waals surface area (Å²) in [5.41, 5.74) is 25.6. The number of furan rings is 2. The maximum absolute atomic E-state index is 7.46. The Bertz CT molecular complexity index is 4640. The highest BCUT2D eigenvalue weighted by Gasteiger charge is 2.31. The number of aryl methyl sites for hydroxylation is 8. The Morgan fingerprint density at radius 1 is 0.275 bits per heavy atom. The van der Waals surface area contributed by atoms with E-state index in [2.05, 4.69) is 281 Å². The standard InChI is InChI=1S/C74H58N4O2/c1-43-28-44(2)33-53(32-43)75(54-34-45(3)29-46(4)35-54)63-41-65-71(73-69(63)58-21-13-16-24-67(58)79-73)72-66(78(65)52-26-27-62-60(40-52)57-20-12-15-23-61(57)77(62)51-18-10-9-11-19-51)42-64(70-59-22-14-17-25-68(59)80-74(70)72)76(55-36-47(5)30-48(6)37-55)56-38-49(7)31-50(8)39-56/h9-42H,1-8H3. The van der Waals surface area contributed by atoms with Crippen molar-refractivity contribution in [2.24, 2.45) is 0 Å². The molecule has 0 spiro atoms. The number of para-hydroxylation sites is 4. The predicted molar refractivity (Wildman–Crippen MR) is 337 cm³/mol. The molecule has 0 radical (unpaired) electrons. The second kappa shape index (κ2) is 17.9. The molecule has 0 saturated heterocycles. The number of benzene rings is 11. The minimum absolute atomic E-state index is 0.804. The van der Waals surface area contributed by atoms with Crippen LogP contribution in [0.3, 0.4) is 0 Å². The molecule has 0 aliphatic heterocycles. The molecule has 0 N–H and O–H groups in total. The molecule has 6 nitrogen and oxygen atoms in total. The minimum Gasteiger partial charge on any atom is -0.455 e. The van der Waals surface area contributed by atoms with Gasteiger partial charge in [0.2, 0.25) is 0 Å². The zero-order valence-electron chi connectivity index (χ0n) is 46.2. The van der Waals surface area contributed by atoms with E-state index in [-0.39, 0.29) is 0 Å². The van der Waals surface area contributed by atoms with E-state index in [0.717, 1.165) is 128 Å². The van der Waals surface area contributed by atoms with Crippen LogP contribution < -0.4 is 9.80 Å². The van der Waals surface area contributed by atoms with Gasteiger partial charge in [-0.15, -0.1) is 0 Å². The second-order valence-electron chi connectivity index (χ2n) is 22.5. The van der Waals surface area contributed by atoms with Crippen LogP contribution in [0.15, 0.2) is 215 Å². The monoisotopic (exact) mass is 1030 g/mol. The zero-order chi connectivity index (χ0) is 54.2. The average molecular weight is 1040 g/mol. The second-order valence-corrected chi connectivity index (χ2v) is 22.5. The first kappa shape index (κ1) is 47.4. The normalized spacial score (nSPS) is 12.0. The summed E-state index contributed by atoms with van der Waals surface area (Å²) in [5.74, 6) is 0. The van der Waals surface area contributed by atoms with Crippen molar-refractivity contribution in [3.05, 3.63) is 251 Å². The molecule has 0 aliphatic carbocycles. The molecular formula is C74H58N4O2. The lowest BCUT2D eigenvalue weighted by Crippen LogP contribution is -2.12. The van der Waals surface area contributed by atoms with E-state index < -0.39 is 0 Å². The first-order valence-corrected chi connectivity index (χ1v) is 27.7. The fourth-order valence-electron chi connectivity index (χ4n) is 13.5. The maximum atomic E-state index is 7.46. The highest BCUT2D eigenvalue weighted by Crippen LogP contribution is 2.54. The van der Waals surface area contributed by atoms with Crippen LogP contribution in [0.1, 0.15) is 44.5 Å². The summed E-state index contributed by atoms with van der Waals surface area (Å²) in [6.45, 7) is 17.6. The topological polar surface area (TPSA) is 42.6 Å². The fourth-order valence-corrected chi connectivity index (χ4v) is 13.5. The van der Waals surface area contributed by atoms with Crippen LogP contribution in [-0.4, -0.2) is 9.13 Å². The summed E-state index contributed by atoms with van der Waals surface area (Å²) < 4.78 is 19.8. The minimum atomic E-state index is 0.804. The van der Waals surface area contributed by atoms with Crippen LogP contribution in [0.2, 0.25) is 0 Å². The van der Waals surface area contributed by atoms with Crippen LogP contribution in [0.4, 0.5) is 34.1 Å². The van der Waals surface area contributed by atoms with Crippen LogP contribution in [0, 0.1) is 55.4 Å². The molecule has 0 aliphatic rings. The van der Waals surface area contributed by atoms with Gasteiger partial charge in [-0.3, -0.25) is 0 Å². The Kier molecular flexibility index (Phi) is 10.6. The van der Waals surface area contributed by atoms with E-state index in [0.29, 0.717) is 0 Å². The third-order valence-electron chi connectivity index (χ3n) is 16.2. The number of hydrogen-bond donors (Lipinski definition) is 0. The lowest BCUT2D eigenvalue weighted by molar-refractivity contribution is 0.670. The summed E-state index contributed by atoms with van der Waals surface area (Å²) in [5, 5.41) is 8.47. The Hall–Kier alpha value is -9.78. The van der Waals surface area contributed by atoms with Crippen molar-refractivity contribution in [2.75, 3.05) is 9.80 Å². The molecule has 0 atom stereocenters. The molecular weight excluding hydrogens is 977 g/mol. The van der Waals surface area contributed by atoms with Crippen LogP contribution >= 0.6 is 0 Å². The molecule has 0 saturated carbocycles. The molecule has 0 fully saturated rings. The van der Waals surface area contributed by atoms with Crippen molar-refractivity contribution in [1.29, 1.82) is 0 Å². The summed E-state index contributed by atoms with van der Waals surface area (Å²) in [6.07, 6.45) is 0. The van der Waals surface area contributed by atoms with Crippen molar-refractivity contribution in [3.63, 3.8) is 0 Å². The Morgan fingerprint density at radius 3 is 1.07 bits per heavy atom. The van der Waals surface area contributed by atoms with Crippen molar-refractivity contribution in [3.8, 4) is 11.4 Å². The Balaban J connectivity index is 1.17. The van der Waals surface area contributed by atoms with Gasteiger partial charge >= 0.3 is 0 Å². The van der Waals surface area contributed by atoms with Gasteiger partial charge in [-0.2, -0.15) is 0 Å². The largest absolute Gasteiger partial charge is 0.455 e. The molecule has 4 heterocycles. The third-order valence-corrected chi connectivity index (χ3v) is 16.2. The van der Waals surface area contributed by atoms with Crippen molar-refractivity contribution in [1.82, 2.24) is 9.13 Å². The number of hydrogen-bond acceptors (Lipinski definition) is 4. The first-order chi connectivity index (χ1) is 38.9. The molecule has 0 amide bonds. The van der Waals surface area contributed by atoms with Gasteiger partial charge in [-0.25, -0.2) is 0 Å². The molecule has 0 bridgehead atoms. The molecule has 4 aromatic heterocycles. The fraction of sp³-hybridized carbons (Fsp3) is 0.108. The number of anilines is 6. The van der Waals surface area contributed by atoms with Gasteiger partial charge < -0.3 is 27.8 Å². The van der Waals surface area contributed by atoms with Gasteiger partial charge in [-0.05, 0) is 209 Å². The molecule has 15 rings (SSSR count). The number of nitrogens with zero attached hydrogens (tertiary/aromatic N) is 4. The molecule has 0 unspecified atom stereocenters. The van der Waals surface area contributed by atoms with Crippen molar-refractivity contribution < 1.29 is 8.83 Å². The van der Waals surface area contributed by atoms with Crippen LogP contribution in [0.5, 0.6) is 0 Å². The maximum Gasteiger partial charge on any atom is 0.147 e. The highest BCUT2D eigenvalue weighted by molar-refractivity contribution is 6.35. The van der Waals surface area contributed by atoms with E-state index in [4.69, 9.17) is 8.83 Å². The van der Waals surface area contributed by atoms with Gasteiger partial charge in [0.1, 0.15) is 22.3 Å². The summed E-state index contributed by atoms with van der Waals surface area (Å²) in [7, 11) is 0. The summed E-state index contributed by atoms with van der Waals surface area (Å²) in [4.78, 5) is 4.93. The Labute approximate surface area is 464 Å². The predicted octanol–water partition coefficient (Wildman–Crippen LogP) is 21.1. The van der Waals surface area contributed by atoms with Crippen molar-refractivity contribution >= 4 is 122 Å². The first-order valence-electron chi connectivity index (χ1n) is 27.7. The van der Waals surface area contributed by atoms with E-state index in [1.165, 1.54) is 49.9 Å². The summed E-state index contributed by atoms with van der Waals surface area (Å²) in [6, 6.07) is 76.0. The van der Waals surface area contributed by atoms with Gasteiger partial charge in [-0.1, -0.05) is 97.1 Å². The van der Waals surface area contributed by atoms with E-state index in [9.17, 15) is 0 Å². The third kappa shape index (κ3) is 7.39. The van der Waals surface area contributed by atoms with E-state index >= 15 is 0 Å². The number of aromatic nitrogens is 2. The average Bonchev–Trinajstić information content (AvgIpc) is 2.95. The van der Waals surface area contributed by atoms with Gasteiger partial charge in [0.25, 0.3) is 0 Å². The quantitative estimate of drug-likeness (QED) is 0.152. The van der Waals surface area contributed by atoms with E-state index in [1.807, 2.05) is 0 Å². The summed E-state index contributed by atoms with van der Waals surface area (Å²) >= 11 is 0. The van der Waals surface area contributed by atoms with Gasteiger partial charge in [0, 0.05) is 55.7 Å². The van der Waals surface area contributed by atoms with Crippen molar-refractivity contribution in [2.45, 2.75) is 55.4 Å². The smallest absolute Gasteiger partial charge is 0.147 e. The number of fused-ring (bicyclic) bond motifs is 14. The van der Waals surface area contributed by atoms with Gasteiger partial charge in [0.15, 0.2) is 0 Å². The molecule has 11 aromatic carbocycles. The van der Waals surface area contributed by atoms with Gasteiger partial charge in [0.05, 0.1) is 55.0 Å².